The third-order valence-corrected chi connectivity index (χ3v) is 5.03. The summed E-state index contributed by atoms with van der Waals surface area (Å²) < 4.78 is 7.61. The number of benzene rings is 2. The number of guanidine groups is 1. The summed E-state index contributed by atoms with van der Waals surface area (Å²) >= 11 is 6.20. The number of aromatic nitrogens is 2. The van der Waals surface area contributed by atoms with Crippen LogP contribution in [0.4, 0.5) is 5.69 Å². The molecule has 3 aromatic rings. The average Bonchev–Trinajstić information content (AvgIpc) is 3.13. The van der Waals surface area contributed by atoms with Gasteiger partial charge in [0.1, 0.15) is 5.75 Å². The number of aryl methyl sites for hydroxylation is 2. The fourth-order valence-corrected chi connectivity index (χ4v) is 3.35. The molecule has 1 heterocycles. The molecule has 8 heteroatoms. The van der Waals surface area contributed by atoms with Gasteiger partial charge in [-0.05, 0) is 44.5 Å². The molecular formula is C24H28ClN5O2. The Bertz CT molecular complexity index is 1090. The number of carbonyl (C=O) groups excluding carboxylic acids is 1. The SMILES string of the molecule is CCCn1cc(CN=C(NC(=O)c2ccccc2Cl)Nc2ccccc2OCC)c(C)n1. The Labute approximate surface area is 193 Å². The molecule has 0 radical (unpaired) electrons. The Morgan fingerprint density at radius 2 is 1.91 bits per heavy atom. The van der Waals surface area contributed by atoms with E-state index < -0.39 is 0 Å². The number of carbonyl (C=O) groups is 1. The normalized spacial score (nSPS) is 11.3. The number of amides is 1. The zero-order chi connectivity index (χ0) is 22.9. The van der Waals surface area contributed by atoms with Crippen molar-refractivity contribution >= 4 is 29.2 Å². The number of nitrogens with one attached hydrogen (secondary N) is 2. The van der Waals surface area contributed by atoms with Crippen LogP contribution in [0.2, 0.25) is 5.02 Å². The lowest BCUT2D eigenvalue weighted by atomic mass is 10.2. The second-order valence-electron chi connectivity index (χ2n) is 7.16. The molecule has 2 aromatic carbocycles. The van der Waals surface area contributed by atoms with Crippen LogP contribution < -0.4 is 15.4 Å². The van der Waals surface area contributed by atoms with E-state index in [0.717, 1.165) is 24.2 Å². The van der Waals surface area contributed by atoms with Crippen molar-refractivity contribution in [3.05, 3.63) is 76.6 Å². The first kappa shape index (κ1) is 23.3. The van der Waals surface area contributed by atoms with Gasteiger partial charge in [-0.1, -0.05) is 42.8 Å². The maximum absolute atomic E-state index is 12.9. The van der Waals surface area contributed by atoms with Crippen LogP contribution >= 0.6 is 11.6 Å². The van der Waals surface area contributed by atoms with Gasteiger partial charge in [0.25, 0.3) is 5.91 Å². The summed E-state index contributed by atoms with van der Waals surface area (Å²) in [5, 5.41) is 10.9. The lowest BCUT2D eigenvalue weighted by molar-refractivity contribution is 0.0977. The van der Waals surface area contributed by atoms with Crippen molar-refractivity contribution in [3.63, 3.8) is 0 Å². The minimum absolute atomic E-state index is 0.296. The molecule has 0 atom stereocenters. The van der Waals surface area contributed by atoms with Crippen LogP contribution in [-0.4, -0.2) is 28.3 Å². The minimum atomic E-state index is -0.353. The highest BCUT2D eigenvalue weighted by Crippen LogP contribution is 2.24. The van der Waals surface area contributed by atoms with Crippen molar-refractivity contribution in [2.75, 3.05) is 11.9 Å². The largest absolute Gasteiger partial charge is 0.492 e. The number of hydrogen-bond donors (Lipinski definition) is 2. The number of hydrogen-bond acceptors (Lipinski definition) is 4. The molecule has 0 aliphatic heterocycles. The molecule has 7 nitrogen and oxygen atoms in total. The van der Waals surface area contributed by atoms with Crippen molar-refractivity contribution in [1.29, 1.82) is 0 Å². The van der Waals surface area contributed by atoms with Crippen molar-refractivity contribution in [2.24, 2.45) is 4.99 Å². The van der Waals surface area contributed by atoms with Crippen molar-refractivity contribution in [1.82, 2.24) is 15.1 Å². The Balaban J connectivity index is 1.87. The van der Waals surface area contributed by atoms with Gasteiger partial charge >= 0.3 is 0 Å². The van der Waals surface area contributed by atoms with Crippen LogP contribution in [0.25, 0.3) is 0 Å². The van der Waals surface area contributed by atoms with Gasteiger partial charge in [-0.3, -0.25) is 14.8 Å². The molecule has 0 aliphatic rings. The molecule has 0 bridgehead atoms. The smallest absolute Gasteiger partial charge is 0.259 e. The minimum Gasteiger partial charge on any atom is -0.492 e. The highest BCUT2D eigenvalue weighted by Gasteiger charge is 2.14. The van der Waals surface area contributed by atoms with E-state index in [1.807, 2.05) is 49.0 Å². The molecule has 1 aromatic heterocycles. The predicted molar refractivity (Wildman–Crippen MR) is 129 cm³/mol. The molecule has 0 unspecified atom stereocenters. The Morgan fingerprint density at radius 1 is 1.16 bits per heavy atom. The van der Waals surface area contributed by atoms with Crippen LogP contribution in [0, 0.1) is 6.92 Å². The van der Waals surface area contributed by atoms with E-state index in [1.54, 1.807) is 24.3 Å². The van der Waals surface area contributed by atoms with Crippen LogP contribution in [0.3, 0.4) is 0 Å². The standard InChI is InChI=1S/C24H28ClN5O2/c1-4-14-30-16-18(17(3)29-30)15-26-24(27-21-12-8-9-13-22(21)32-5-2)28-23(31)19-10-6-7-11-20(19)25/h6-13,16H,4-5,14-15H2,1-3H3,(H2,26,27,28,31). The van der Waals surface area contributed by atoms with E-state index in [4.69, 9.17) is 16.3 Å². The number of rotatable bonds is 8. The molecule has 3 rings (SSSR count). The Kier molecular flexibility index (Phi) is 8.27. The second-order valence-corrected chi connectivity index (χ2v) is 7.56. The highest BCUT2D eigenvalue weighted by molar-refractivity contribution is 6.34. The summed E-state index contributed by atoms with van der Waals surface area (Å²) in [6, 6.07) is 14.4. The first-order valence-corrected chi connectivity index (χ1v) is 11.0. The van der Waals surface area contributed by atoms with Gasteiger partial charge in [0.15, 0.2) is 0 Å². The van der Waals surface area contributed by atoms with Gasteiger partial charge in [0.05, 0.1) is 35.1 Å². The summed E-state index contributed by atoms with van der Waals surface area (Å²) in [6.45, 7) is 7.71. The van der Waals surface area contributed by atoms with Crippen LogP contribution in [0.15, 0.2) is 59.7 Å². The molecule has 0 saturated carbocycles. The molecule has 0 fully saturated rings. The van der Waals surface area contributed by atoms with E-state index in [2.05, 4.69) is 27.6 Å². The van der Waals surface area contributed by atoms with Crippen molar-refractivity contribution < 1.29 is 9.53 Å². The number of aliphatic imine (C=N–C) groups is 1. The Hall–Kier alpha value is -3.32. The van der Waals surface area contributed by atoms with E-state index in [0.29, 0.717) is 41.1 Å². The van der Waals surface area contributed by atoms with Crippen LogP contribution in [-0.2, 0) is 13.1 Å². The second kappa shape index (κ2) is 11.3. The zero-order valence-corrected chi connectivity index (χ0v) is 19.3. The Morgan fingerprint density at radius 3 is 2.66 bits per heavy atom. The summed E-state index contributed by atoms with van der Waals surface area (Å²) in [4.78, 5) is 17.5. The molecule has 32 heavy (non-hydrogen) atoms. The molecular weight excluding hydrogens is 426 g/mol. The lowest BCUT2D eigenvalue weighted by Crippen LogP contribution is -2.36. The summed E-state index contributed by atoms with van der Waals surface area (Å²) in [5.74, 6) is 0.612. The van der Waals surface area contributed by atoms with Gasteiger partial charge in [-0.25, -0.2) is 4.99 Å². The third-order valence-electron chi connectivity index (χ3n) is 4.70. The first-order chi connectivity index (χ1) is 15.5. The predicted octanol–water partition coefficient (Wildman–Crippen LogP) is 5.05. The van der Waals surface area contributed by atoms with Gasteiger partial charge in [-0.2, -0.15) is 5.10 Å². The molecule has 0 saturated heterocycles. The fourth-order valence-electron chi connectivity index (χ4n) is 3.13. The van der Waals surface area contributed by atoms with E-state index >= 15 is 0 Å². The topological polar surface area (TPSA) is 80.5 Å². The van der Waals surface area contributed by atoms with Gasteiger partial charge in [-0.15, -0.1) is 0 Å². The van der Waals surface area contributed by atoms with Gasteiger partial charge in [0, 0.05) is 18.3 Å². The quantitative estimate of drug-likeness (QED) is 0.369. The monoisotopic (exact) mass is 453 g/mol. The van der Waals surface area contributed by atoms with Crippen LogP contribution in [0.1, 0.15) is 41.9 Å². The fraction of sp³-hybridized carbons (Fsp3) is 0.292. The van der Waals surface area contributed by atoms with Gasteiger partial charge < -0.3 is 10.1 Å². The summed E-state index contributed by atoms with van der Waals surface area (Å²) in [6.07, 6.45) is 2.99. The summed E-state index contributed by atoms with van der Waals surface area (Å²) in [5.41, 5.74) is 2.97. The number of halogens is 1. The third kappa shape index (κ3) is 6.11. The van der Waals surface area contributed by atoms with Crippen molar-refractivity contribution in [3.8, 4) is 5.75 Å². The molecule has 0 spiro atoms. The number of nitrogens with zero attached hydrogens (tertiary/aromatic N) is 3. The first-order valence-electron chi connectivity index (χ1n) is 10.6. The zero-order valence-electron chi connectivity index (χ0n) is 18.6. The lowest BCUT2D eigenvalue weighted by Gasteiger charge is -2.15. The van der Waals surface area contributed by atoms with Crippen molar-refractivity contribution in [2.45, 2.75) is 40.3 Å². The average molecular weight is 454 g/mol. The van der Waals surface area contributed by atoms with E-state index in [9.17, 15) is 4.79 Å². The number of anilines is 1. The molecule has 168 valence electrons. The van der Waals surface area contributed by atoms with Gasteiger partial charge in [0.2, 0.25) is 5.96 Å². The van der Waals surface area contributed by atoms with Crippen LogP contribution in [0.5, 0.6) is 5.75 Å². The number of para-hydroxylation sites is 2. The number of ether oxygens (including phenoxy) is 1. The molecule has 0 aliphatic carbocycles. The molecule has 2 N–H and O–H groups in total. The van der Waals surface area contributed by atoms with E-state index in [-0.39, 0.29) is 5.91 Å². The summed E-state index contributed by atoms with van der Waals surface area (Å²) in [7, 11) is 0. The maximum atomic E-state index is 12.9. The highest BCUT2D eigenvalue weighted by atomic mass is 35.5. The van der Waals surface area contributed by atoms with E-state index in [1.165, 1.54) is 0 Å². The molecule has 1 amide bonds. The maximum Gasteiger partial charge on any atom is 0.259 e.